The average Bonchev–Trinajstić information content (AvgIpc) is 2.28. The molecular weight excluding hydrogens is 214 g/mol. The molecule has 0 saturated heterocycles. The lowest BCUT2D eigenvalue weighted by Crippen LogP contribution is -2.39. The van der Waals surface area contributed by atoms with Crippen LogP contribution in [0.25, 0.3) is 0 Å². The SMILES string of the molecule is CCOC(=O)CC(C)NCC1(C)CCCCC1. The first-order valence-corrected chi connectivity index (χ1v) is 6.95. The van der Waals surface area contributed by atoms with Crippen molar-refractivity contribution in [2.45, 2.75) is 65.3 Å². The molecule has 1 unspecified atom stereocenters. The molecule has 17 heavy (non-hydrogen) atoms. The fourth-order valence-corrected chi connectivity index (χ4v) is 2.54. The lowest BCUT2D eigenvalue weighted by atomic mass is 9.75. The second kappa shape index (κ2) is 7.00. The Labute approximate surface area is 105 Å². The van der Waals surface area contributed by atoms with E-state index in [2.05, 4.69) is 19.2 Å². The highest BCUT2D eigenvalue weighted by Crippen LogP contribution is 2.35. The van der Waals surface area contributed by atoms with Crippen LogP contribution in [0.1, 0.15) is 59.3 Å². The minimum Gasteiger partial charge on any atom is -0.466 e. The molecule has 0 heterocycles. The molecule has 1 fully saturated rings. The summed E-state index contributed by atoms with van der Waals surface area (Å²) in [5, 5.41) is 3.48. The Hall–Kier alpha value is -0.570. The summed E-state index contributed by atoms with van der Waals surface area (Å²) in [6.07, 6.45) is 7.19. The fraction of sp³-hybridized carbons (Fsp3) is 0.929. The van der Waals surface area contributed by atoms with Crippen molar-refractivity contribution in [3.63, 3.8) is 0 Å². The lowest BCUT2D eigenvalue weighted by molar-refractivity contribution is -0.143. The van der Waals surface area contributed by atoms with Gasteiger partial charge in [0.15, 0.2) is 0 Å². The zero-order valence-electron chi connectivity index (χ0n) is 11.6. The fourth-order valence-electron chi connectivity index (χ4n) is 2.54. The summed E-state index contributed by atoms with van der Waals surface area (Å²) in [6.45, 7) is 7.76. The maximum Gasteiger partial charge on any atom is 0.307 e. The molecular formula is C14H27NO2. The summed E-state index contributed by atoms with van der Waals surface area (Å²) in [6, 6.07) is 0.216. The summed E-state index contributed by atoms with van der Waals surface area (Å²) in [4.78, 5) is 11.3. The molecule has 100 valence electrons. The smallest absolute Gasteiger partial charge is 0.307 e. The number of hydrogen-bond donors (Lipinski definition) is 1. The van der Waals surface area contributed by atoms with Gasteiger partial charge in [0.2, 0.25) is 0 Å². The van der Waals surface area contributed by atoms with Crippen LogP contribution >= 0.6 is 0 Å². The average molecular weight is 241 g/mol. The highest BCUT2D eigenvalue weighted by Gasteiger charge is 2.27. The highest BCUT2D eigenvalue weighted by molar-refractivity contribution is 5.69. The summed E-state index contributed by atoms with van der Waals surface area (Å²) in [7, 11) is 0. The van der Waals surface area contributed by atoms with Gasteiger partial charge in [-0.15, -0.1) is 0 Å². The molecule has 0 aromatic rings. The molecule has 0 bridgehead atoms. The summed E-state index contributed by atoms with van der Waals surface area (Å²) in [5.74, 6) is -0.0960. The number of rotatable bonds is 6. The molecule has 1 aliphatic carbocycles. The summed E-state index contributed by atoms with van der Waals surface area (Å²) in [5.41, 5.74) is 0.432. The summed E-state index contributed by atoms with van der Waals surface area (Å²) >= 11 is 0. The van der Waals surface area contributed by atoms with Gasteiger partial charge in [0.1, 0.15) is 0 Å². The van der Waals surface area contributed by atoms with Gasteiger partial charge in [0.25, 0.3) is 0 Å². The van der Waals surface area contributed by atoms with Crippen molar-refractivity contribution >= 4 is 5.97 Å². The van der Waals surface area contributed by atoms with Crippen LogP contribution in [0, 0.1) is 5.41 Å². The second-order valence-electron chi connectivity index (χ2n) is 5.66. The first kappa shape index (κ1) is 14.5. The van der Waals surface area contributed by atoms with E-state index >= 15 is 0 Å². The number of hydrogen-bond acceptors (Lipinski definition) is 3. The van der Waals surface area contributed by atoms with Crippen molar-refractivity contribution in [1.82, 2.24) is 5.32 Å². The molecule has 0 aliphatic heterocycles. The standard InChI is InChI=1S/C14H27NO2/c1-4-17-13(16)10-12(2)15-11-14(3)8-6-5-7-9-14/h12,15H,4-11H2,1-3H3. The van der Waals surface area contributed by atoms with Crippen LogP contribution < -0.4 is 5.32 Å². The third kappa shape index (κ3) is 5.53. The highest BCUT2D eigenvalue weighted by atomic mass is 16.5. The molecule has 1 atom stereocenters. The Morgan fingerprint density at radius 1 is 1.35 bits per heavy atom. The first-order chi connectivity index (χ1) is 8.06. The monoisotopic (exact) mass is 241 g/mol. The van der Waals surface area contributed by atoms with Crippen molar-refractivity contribution in [2.24, 2.45) is 5.41 Å². The van der Waals surface area contributed by atoms with Gasteiger partial charge in [-0.1, -0.05) is 26.2 Å². The molecule has 3 heteroatoms. The topological polar surface area (TPSA) is 38.3 Å². The Morgan fingerprint density at radius 2 is 2.00 bits per heavy atom. The Balaban J connectivity index is 2.22. The lowest BCUT2D eigenvalue weighted by Gasteiger charge is -2.34. The van der Waals surface area contributed by atoms with Crippen molar-refractivity contribution < 1.29 is 9.53 Å². The van der Waals surface area contributed by atoms with E-state index in [1.54, 1.807) is 0 Å². The Morgan fingerprint density at radius 3 is 2.59 bits per heavy atom. The van der Waals surface area contributed by atoms with Crippen LogP contribution in [0.5, 0.6) is 0 Å². The third-order valence-corrected chi connectivity index (χ3v) is 3.72. The zero-order chi connectivity index (χ0) is 12.7. The number of carbonyl (C=O) groups excluding carboxylic acids is 1. The molecule has 0 aromatic carbocycles. The molecule has 0 spiro atoms. The van der Waals surface area contributed by atoms with E-state index in [0.717, 1.165) is 6.54 Å². The van der Waals surface area contributed by atoms with Crippen molar-refractivity contribution in [3.05, 3.63) is 0 Å². The van der Waals surface area contributed by atoms with Gasteiger partial charge >= 0.3 is 5.97 Å². The molecule has 1 saturated carbocycles. The first-order valence-electron chi connectivity index (χ1n) is 6.95. The number of nitrogens with one attached hydrogen (secondary N) is 1. The van der Waals surface area contributed by atoms with Gasteiger partial charge in [0.05, 0.1) is 13.0 Å². The number of esters is 1. The summed E-state index contributed by atoms with van der Waals surface area (Å²) < 4.78 is 4.95. The number of carbonyl (C=O) groups is 1. The van der Waals surface area contributed by atoms with E-state index < -0.39 is 0 Å². The largest absolute Gasteiger partial charge is 0.466 e. The van der Waals surface area contributed by atoms with Crippen molar-refractivity contribution in [2.75, 3.05) is 13.2 Å². The van der Waals surface area contributed by atoms with E-state index in [0.29, 0.717) is 18.4 Å². The minimum absolute atomic E-state index is 0.0960. The molecule has 0 amide bonds. The molecule has 1 N–H and O–H groups in total. The van der Waals surface area contributed by atoms with E-state index in [4.69, 9.17) is 4.74 Å². The Kier molecular flexibility index (Phi) is 5.96. The van der Waals surface area contributed by atoms with Gasteiger partial charge in [-0.25, -0.2) is 0 Å². The van der Waals surface area contributed by atoms with Crippen LogP contribution in [-0.4, -0.2) is 25.2 Å². The van der Waals surface area contributed by atoms with Gasteiger partial charge in [-0.05, 0) is 32.1 Å². The predicted molar refractivity (Wildman–Crippen MR) is 69.9 cm³/mol. The van der Waals surface area contributed by atoms with E-state index in [1.807, 2.05) is 6.92 Å². The maximum absolute atomic E-state index is 11.3. The van der Waals surface area contributed by atoms with E-state index in [-0.39, 0.29) is 12.0 Å². The van der Waals surface area contributed by atoms with Gasteiger partial charge in [-0.3, -0.25) is 4.79 Å². The van der Waals surface area contributed by atoms with Crippen LogP contribution in [0.4, 0.5) is 0 Å². The maximum atomic E-state index is 11.3. The Bertz CT molecular complexity index is 234. The van der Waals surface area contributed by atoms with Gasteiger partial charge in [-0.2, -0.15) is 0 Å². The van der Waals surface area contributed by atoms with Crippen molar-refractivity contribution in [3.8, 4) is 0 Å². The quantitative estimate of drug-likeness (QED) is 0.727. The van der Waals surface area contributed by atoms with E-state index in [9.17, 15) is 4.79 Å². The normalized spacial score (nSPS) is 20.9. The van der Waals surface area contributed by atoms with Crippen molar-refractivity contribution in [1.29, 1.82) is 0 Å². The molecule has 1 aliphatic rings. The minimum atomic E-state index is -0.0960. The van der Waals surface area contributed by atoms with Crippen LogP contribution in [0.15, 0.2) is 0 Å². The molecule has 0 radical (unpaired) electrons. The predicted octanol–water partition coefficient (Wildman–Crippen LogP) is 2.89. The van der Waals surface area contributed by atoms with E-state index in [1.165, 1.54) is 32.1 Å². The molecule has 1 rings (SSSR count). The van der Waals surface area contributed by atoms with Crippen LogP contribution in [0.2, 0.25) is 0 Å². The molecule has 0 aromatic heterocycles. The molecule has 3 nitrogen and oxygen atoms in total. The van der Waals surface area contributed by atoms with Gasteiger partial charge in [0, 0.05) is 12.6 Å². The van der Waals surface area contributed by atoms with Crippen LogP contribution in [0.3, 0.4) is 0 Å². The zero-order valence-corrected chi connectivity index (χ0v) is 11.6. The van der Waals surface area contributed by atoms with Gasteiger partial charge < -0.3 is 10.1 Å². The number of ether oxygens (including phenoxy) is 1. The van der Waals surface area contributed by atoms with Crippen LogP contribution in [-0.2, 0) is 9.53 Å². The third-order valence-electron chi connectivity index (χ3n) is 3.72. The second-order valence-corrected chi connectivity index (χ2v) is 5.66.